The maximum atomic E-state index is 11.2. The zero-order valence-corrected chi connectivity index (χ0v) is 9.77. The number of hydrogen-bond acceptors (Lipinski definition) is 2. The summed E-state index contributed by atoms with van der Waals surface area (Å²) < 4.78 is 0. The van der Waals surface area contributed by atoms with Gasteiger partial charge in [0.05, 0.1) is 5.56 Å². The van der Waals surface area contributed by atoms with E-state index in [1.165, 1.54) is 0 Å². The SMILES string of the molecule is Cc1cncc(-c2ccc(C)cc2C(=O)O)c1. The van der Waals surface area contributed by atoms with Crippen LogP contribution in [0.25, 0.3) is 11.1 Å². The summed E-state index contributed by atoms with van der Waals surface area (Å²) in [4.78, 5) is 15.3. The van der Waals surface area contributed by atoms with E-state index in [-0.39, 0.29) is 0 Å². The second-order valence-corrected chi connectivity index (χ2v) is 4.11. The molecular weight excluding hydrogens is 214 g/mol. The van der Waals surface area contributed by atoms with E-state index in [0.717, 1.165) is 16.7 Å². The fraction of sp³-hybridized carbons (Fsp3) is 0.143. The third-order valence-electron chi connectivity index (χ3n) is 2.59. The Hall–Kier alpha value is -2.16. The number of carboxylic acid groups (broad SMARTS) is 1. The molecule has 1 aromatic heterocycles. The van der Waals surface area contributed by atoms with Gasteiger partial charge in [0.25, 0.3) is 0 Å². The van der Waals surface area contributed by atoms with Crippen LogP contribution in [0.4, 0.5) is 0 Å². The Morgan fingerprint density at radius 1 is 1.12 bits per heavy atom. The third kappa shape index (κ3) is 2.33. The van der Waals surface area contributed by atoms with E-state index in [4.69, 9.17) is 0 Å². The average molecular weight is 227 g/mol. The van der Waals surface area contributed by atoms with E-state index in [2.05, 4.69) is 4.98 Å². The van der Waals surface area contributed by atoms with Crippen LogP contribution in [0.5, 0.6) is 0 Å². The largest absolute Gasteiger partial charge is 0.478 e. The van der Waals surface area contributed by atoms with Crippen molar-refractivity contribution in [2.75, 3.05) is 0 Å². The first-order chi connectivity index (χ1) is 8.08. The molecule has 0 aliphatic heterocycles. The van der Waals surface area contributed by atoms with Crippen LogP contribution in [0.15, 0.2) is 36.7 Å². The van der Waals surface area contributed by atoms with E-state index in [1.807, 2.05) is 32.0 Å². The smallest absolute Gasteiger partial charge is 0.336 e. The standard InChI is InChI=1S/C14H13NO2/c1-9-3-4-12(13(6-9)14(16)17)11-5-10(2)7-15-8-11/h3-8H,1-2H3,(H,16,17). The zero-order valence-electron chi connectivity index (χ0n) is 9.77. The summed E-state index contributed by atoms with van der Waals surface area (Å²) in [6.45, 7) is 3.82. The molecule has 3 heteroatoms. The normalized spacial score (nSPS) is 10.2. The molecule has 2 aromatic rings. The number of carbonyl (C=O) groups is 1. The number of aromatic nitrogens is 1. The average Bonchev–Trinajstić information content (AvgIpc) is 2.28. The van der Waals surface area contributed by atoms with Gasteiger partial charge in [-0.1, -0.05) is 17.7 Å². The topological polar surface area (TPSA) is 50.2 Å². The first-order valence-corrected chi connectivity index (χ1v) is 5.34. The summed E-state index contributed by atoms with van der Waals surface area (Å²) >= 11 is 0. The van der Waals surface area contributed by atoms with Crippen LogP contribution < -0.4 is 0 Å². The van der Waals surface area contributed by atoms with Crippen molar-refractivity contribution in [3.05, 3.63) is 53.3 Å². The van der Waals surface area contributed by atoms with Crippen LogP contribution in [0.3, 0.4) is 0 Å². The maximum Gasteiger partial charge on any atom is 0.336 e. The molecule has 3 nitrogen and oxygen atoms in total. The summed E-state index contributed by atoms with van der Waals surface area (Å²) in [5.74, 6) is -0.912. The van der Waals surface area contributed by atoms with Crippen LogP contribution in [-0.2, 0) is 0 Å². The minimum absolute atomic E-state index is 0.317. The molecule has 0 fully saturated rings. The molecule has 0 unspecified atom stereocenters. The van der Waals surface area contributed by atoms with Crippen LogP contribution in [0, 0.1) is 13.8 Å². The van der Waals surface area contributed by atoms with Gasteiger partial charge >= 0.3 is 5.97 Å². The number of nitrogens with zero attached hydrogens (tertiary/aromatic N) is 1. The molecule has 0 aliphatic rings. The predicted octanol–water partition coefficient (Wildman–Crippen LogP) is 3.06. The number of benzene rings is 1. The highest BCUT2D eigenvalue weighted by Gasteiger charge is 2.11. The molecule has 0 bridgehead atoms. The highest BCUT2D eigenvalue weighted by atomic mass is 16.4. The molecule has 1 heterocycles. The van der Waals surface area contributed by atoms with Gasteiger partial charge in [-0.05, 0) is 37.1 Å². The van der Waals surface area contributed by atoms with Crippen molar-refractivity contribution >= 4 is 5.97 Å². The van der Waals surface area contributed by atoms with E-state index in [9.17, 15) is 9.90 Å². The minimum atomic E-state index is -0.912. The lowest BCUT2D eigenvalue weighted by Crippen LogP contribution is -2.00. The Morgan fingerprint density at radius 2 is 1.88 bits per heavy atom. The second kappa shape index (κ2) is 4.37. The summed E-state index contributed by atoms with van der Waals surface area (Å²) in [6, 6.07) is 7.35. The van der Waals surface area contributed by atoms with Gasteiger partial charge in [-0.2, -0.15) is 0 Å². The molecule has 0 saturated heterocycles. The molecule has 1 N–H and O–H groups in total. The molecule has 0 radical (unpaired) electrons. The van der Waals surface area contributed by atoms with Crippen molar-refractivity contribution in [3.63, 3.8) is 0 Å². The first kappa shape index (κ1) is 11.3. The first-order valence-electron chi connectivity index (χ1n) is 5.34. The molecule has 17 heavy (non-hydrogen) atoms. The molecule has 86 valence electrons. The van der Waals surface area contributed by atoms with Gasteiger partial charge in [0, 0.05) is 18.0 Å². The fourth-order valence-corrected chi connectivity index (χ4v) is 1.79. The van der Waals surface area contributed by atoms with E-state index in [0.29, 0.717) is 11.1 Å². The number of carboxylic acids is 1. The van der Waals surface area contributed by atoms with E-state index in [1.54, 1.807) is 18.5 Å². The highest BCUT2D eigenvalue weighted by molar-refractivity contribution is 5.96. The fourth-order valence-electron chi connectivity index (χ4n) is 1.79. The van der Waals surface area contributed by atoms with Gasteiger partial charge in [0.15, 0.2) is 0 Å². The molecule has 1 aromatic carbocycles. The number of rotatable bonds is 2. The highest BCUT2D eigenvalue weighted by Crippen LogP contribution is 2.24. The lowest BCUT2D eigenvalue weighted by molar-refractivity contribution is 0.0697. The van der Waals surface area contributed by atoms with Crippen molar-refractivity contribution in [1.29, 1.82) is 0 Å². The number of aryl methyl sites for hydroxylation is 2. The third-order valence-corrected chi connectivity index (χ3v) is 2.59. The molecule has 0 spiro atoms. The maximum absolute atomic E-state index is 11.2. The molecule has 0 amide bonds. The Labute approximate surface area is 99.8 Å². The Kier molecular flexibility index (Phi) is 2.91. The predicted molar refractivity (Wildman–Crippen MR) is 66.1 cm³/mol. The van der Waals surface area contributed by atoms with Crippen LogP contribution in [0.1, 0.15) is 21.5 Å². The summed E-state index contributed by atoms with van der Waals surface area (Å²) in [5.41, 5.74) is 3.81. The Balaban J connectivity index is 2.63. The minimum Gasteiger partial charge on any atom is -0.478 e. The molecule has 0 aliphatic carbocycles. The summed E-state index contributed by atoms with van der Waals surface area (Å²) in [7, 11) is 0. The van der Waals surface area contributed by atoms with Crippen LogP contribution in [-0.4, -0.2) is 16.1 Å². The monoisotopic (exact) mass is 227 g/mol. The number of aromatic carboxylic acids is 1. The van der Waals surface area contributed by atoms with Gasteiger partial charge in [-0.25, -0.2) is 4.79 Å². The number of hydrogen-bond donors (Lipinski definition) is 1. The van der Waals surface area contributed by atoms with Crippen LogP contribution in [0.2, 0.25) is 0 Å². The van der Waals surface area contributed by atoms with Gasteiger partial charge in [-0.15, -0.1) is 0 Å². The van der Waals surface area contributed by atoms with Gasteiger partial charge in [-0.3, -0.25) is 4.98 Å². The summed E-state index contributed by atoms with van der Waals surface area (Å²) in [6.07, 6.45) is 3.43. The molecule has 0 saturated carbocycles. The lowest BCUT2D eigenvalue weighted by atomic mass is 9.98. The molecule has 2 rings (SSSR count). The van der Waals surface area contributed by atoms with Gasteiger partial charge < -0.3 is 5.11 Å². The Morgan fingerprint density at radius 3 is 2.53 bits per heavy atom. The van der Waals surface area contributed by atoms with Crippen molar-refractivity contribution < 1.29 is 9.90 Å². The van der Waals surface area contributed by atoms with Gasteiger partial charge in [0.1, 0.15) is 0 Å². The van der Waals surface area contributed by atoms with Crippen LogP contribution >= 0.6 is 0 Å². The number of pyridine rings is 1. The zero-order chi connectivity index (χ0) is 12.4. The quantitative estimate of drug-likeness (QED) is 0.857. The van der Waals surface area contributed by atoms with Crippen molar-refractivity contribution in [3.8, 4) is 11.1 Å². The van der Waals surface area contributed by atoms with Crippen molar-refractivity contribution in [2.24, 2.45) is 0 Å². The van der Waals surface area contributed by atoms with E-state index < -0.39 is 5.97 Å². The van der Waals surface area contributed by atoms with E-state index >= 15 is 0 Å². The lowest BCUT2D eigenvalue weighted by Gasteiger charge is -2.07. The molecule has 0 atom stereocenters. The van der Waals surface area contributed by atoms with Crippen molar-refractivity contribution in [1.82, 2.24) is 4.98 Å². The second-order valence-electron chi connectivity index (χ2n) is 4.11. The van der Waals surface area contributed by atoms with Crippen molar-refractivity contribution in [2.45, 2.75) is 13.8 Å². The van der Waals surface area contributed by atoms with Gasteiger partial charge in [0.2, 0.25) is 0 Å². The Bertz CT molecular complexity index is 576. The summed E-state index contributed by atoms with van der Waals surface area (Å²) in [5, 5.41) is 9.20. The molecular formula is C14H13NO2.